The van der Waals surface area contributed by atoms with Crippen LogP contribution in [0.2, 0.25) is 0 Å². The van der Waals surface area contributed by atoms with Gasteiger partial charge in [-0.15, -0.1) is 0 Å². The molecule has 0 radical (unpaired) electrons. The van der Waals surface area contributed by atoms with Crippen LogP contribution in [0.15, 0.2) is 35.5 Å². The van der Waals surface area contributed by atoms with E-state index in [4.69, 9.17) is 9.47 Å². The van der Waals surface area contributed by atoms with Crippen LogP contribution >= 0.6 is 11.8 Å². The Morgan fingerprint density at radius 1 is 1.38 bits per heavy atom. The second kappa shape index (κ2) is 8.37. The fourth-order valence-electron chi connectivity index (χ4n) is 3.46. The molecule has 1 aliphatic rings. The minimum atomic E-state index is -0.0520. The van der Waals surface area contributed by atoms with Crippen molar-refractivity contribution < 1.29 is 14.3 Å². The fourth-order valence-corrected chi connectivity index (χ4v) is 4.17. The SMILES string of the molecule is CCOc1cc2c(cc1CNC(=O)CSc1nc3ccc(C)cc3[nH]1)O[C@H](C)C2. The van der Waals surface area contributed by atoms with Crippen molar-refractivity contribution in [3.05, 3.63) is 47.0 Å². The average molecular weight is 412 g/mol. The molecule has 1 aliphatic heterocycles. The van der Waals surface area contributed by atoms with E-state index in [9.17, 15) is 4.79 Å². The van der Waals surface area contributed by atoms with Gasteiger partial charge in [0, 0.05) is 24.1 Å². The maximum Gasteiger partial charge on any atom is 0.230 e. The largest absolute Gasteiger partial charge is 0.494 e. The number of amides is 1. The molecule has 152 valence electrons. The third-order valence-corrected chi connectivity index (χ3v) is 5.68. The summed E-state index contributed by atoms with van der Waals surface area (Å²) in [6.07, 6.45) is 1.06. The van der Waals surface area contributed by atoms with Crippen LogP contribution in [0.5, 0.6) is 11.5 Å². The van der Waals surface area contributed by atoms with Crippen molar-refractivity contribution in [1.82, 2.24) is 15.3 Å². The zero-order valence-electron chi connectivity index (χ0n) is 16.9. The maximum absolute atomic E-state index is 12.4. The molecule has 1 atom stereocenters. The van der Waals surface area contributed by atoms with Gasteiger partial charge in [0.2, 0.25) is 5.91 Å². The number of ether oxygens (including phenoxy) is 2. The van der Waals surface area contributed by atoms with E-state index in [0.29, 0.717) is 18.9 Å². The number of carbonyl (C=O) groups excluding carboxylic acids is 1. The van der Waals surface area contributed by atoms with Crippen LogP contribution in [0, 0.1) is 6.92 Å². The molecule has 6 nitrogen and oxygen atoms in total. The molecule has 1 aromatic heterocycles. The standard InChI is InChI=1S/C22H25N3O3S/c1-4-27-19-9-15-8-14(3)28-20(15)10-16(19)11-23-21(26)12-29-22-24-17-6-5-13(2)7-18(17)25-22/h5-7,9-10,14H,4,8,11-12H2,1-3H3,(H,23,26)(H,24,25)/t14-/m1/s1. The lowest BCUT2D eigenvalue weighted by Crippen LogP contribution is -2.25. The summed E-state index contributed by atoms with van der Waals surface area (Å²) in [5.41, 5.74) is 5.16. The number of fused-ring (bicyclic) bond motifs is 2. The zero-order valence-corrected chi connectivity index (χ0v) is 17.7. The molecule has 2 N–H and O–H groups in total. The smallest absolute Gasteiger partial charge is 0.230 e. The predicted molar refractivity (Wildman–Crippen MR) is 115 cm³/mol. The van der Waals surface area contributed by atoms with Crippen molar-refractivity contribution in [2.45, 2.75) is 45.0 Å². The van der Waals surface area contributed by atoms with Crippen LogP contribution in [0.3, 0.4) is 0 Å². The summed E-state index contributed by atoms with van der Waals surface area (Å²) in [5, 5.41) is 3.72. The first-order valence-corrected chi connectivity index (χ1v) is 10.8. The van der Waals surface area contributed by atoms with E-state index in [1.807, 2.05) is 38.1 Å². The first-order valence-electron chi connectivity index (χ1n) is 9.83. The maximum atomic E-state index is 12.4. The molecule has 29 heavy (non-hydrogen) atoms. The summed E-state index contributed by atoms with van der Waals surface area (Å²) in [6.45, 7) is 7.04. The van der Waals surface area contributed by atoms with Crippen molar-refractivity contribution in [1.29, 1.82) is 0 Å². The van der Waals surface area contributed by atoms with Crippen molar-refractivity contribution in [2.24, 2.45) is 0 Å². The number of aryl methyl sites for hydroxylation is 1. The molecular weight excluding hydrogens is 386 g/mol. The summed E-state index contributed by atoms with van der Waals surface area (Å²) >= 11 is 1.40. The van der Waals surface area contributed by atoms with Gasteiger partial charge in [0.1, 0.15) is 17.6 Å². The van der Waals surface area contributed by atoms with Crippen molar-refractivity contribution >= 4 is 28.7 Å². The van der Waals surface area contributed by atoms with Gasteiger partial charge in [-0.05, 0) is 50.6 Å². The number of aromatic amines is 1. The molecule has 2 aromatic carbocycles. The highest BCUT2D eigenvalue weighted by molar-refractivity contribution is 7.99. The monoisotopic (exact) mass is 411 g/mol. The van der Waals surface area contributed by atoms with E-state index in [1.54, 1.807) is 0 Å². The van der Waals surface area contributed by atoms with Gasteiger partial charge in [-0.25, -0.2) is 4.98 Å². The Labute approximate surface area is 174 Å². The number of rotatable bonds is 7. The number of benzene rings is 2. The molecule has 0 aliphatic carbocycles. The predicted octanol–water partition coefficient (Wildman–Crippen LogP) is 4.00. The van der Waals surface area contributed by atoms with Gasteiger partial charge in [-0.3, -0.25) is 4.79 Å². The molecule has 0 spiro atoms. The van der Waals surface area contributed by atoms with Gasteiger partial charge in [0.05, 0.1) is 23.4 Å². The number of H-pyrrole nitrogens is 1. The molecule has 1 amide bonds. The highest BCUT2D eigenvalue weighted by atomic mass is 32.2. The topological polar surface area (TPSA) is 76.2 Å². The number of nitrogens with one attached hydrogen (secondary N) is 2. The van der Waals surface area contributed by atoms with Crippen LogP contribution in [-0.2, 0) is 17.8 Å². The van der Waals surface area contributed by atoms with E-state index < -0.39 is 0 Å². The van der Waals surface area contributed by atoms with Crippen molar-refractivity contribution in [3.8, 4) is 11.5 Å². The fraction of sp³-hybridized carbons (Fsp3) is 0.364. The molecule has 0 bridgehead atoms. The van der Waals surface area contributed by atoms with E-state index in [0.717, 1.165) is 45.2 Å². The molecular formula is C22H25N3O3S. The number of imidazole rings is 1. The average Bonchev–Trinajstić information content (AvgIpc) is 3.25. The van der Waals surface area contributed by atoms with Crippen LogP contribution in [0.1, 0.15) is 30.5 Å². The molecule has 0 saturated heterocycles. The second-order valence-corrected chi connectivity index (χ2v) is 8.23. The first-order chi connectivity index (χ1) is 14.0. The highest BCUT2D eigenvalue weighted by Crippen LogP contribution is 2.35. The van der Waals surface area contributed by atoms with E-state index in [2.05, 4.69) is 28.3 Å². The number of aromatic nitrogens is 2. The van der Waals surface area contributed by atoms with E-state index >= 15 is 0 Å². The van der Waals surface area contributed by atoms with Crippen LogP contribution < -0.4 is 14.8 Å². The minimum Gasteiger partial charge on any atom is -0.494 e. The lowest BCUT2D eigenvalue weighted by Gasteiger charge is -2.13. The first kappa shape index (κ1) is 19.6. The third kappa shape index (κ3) is 4.50. The Balaban J connectivity index is 1.37. The van der Waals surface area contributed by atoms with Crippen molar-refractivity contribution in [2.75, 3.05) is 12.4 Å². The zero-order chi connectivity index (χ0) is 20.4. The van der Waals surface area contributed by atoms with Gasteiger partial charge < -0.3 is 19.8 Å². The molecule has 4 rings (SSSR count). The Morgan fingerprint density at radius 2 is 2.24 bits per heavy atom. The summed E-state index contributed by atoms with van der Waals surface area (Å²) in [6, 6.07) is 10.1. The second-order valence-electron chi connectivity index (χ2n) is 7.26. The Bertz CT molecular complexity index is 1050. The van der Waals surface area contributed by atoms with Gasteiger partial charge in [-0.2, -0.15) is 0 Å². The van der Waals surface area contributed by atoms with Gasteiger partial charge in [0.15, 0.2) is 5.16 Å². The lowest BCUT2D eigenvalue weighted by atomic mass is 10.1. The molecule has 0 unspecified atom stereocenters. The van der Waals surface area contributed by atoms with Gasteiger partial charge >= 0.3 is 0 Å². The van der Waals surface area contributed by atoms with Crippen LogP contribution in [-0.4, -0.2) is 34.3 Å². The number of hydrogen-bond donors (Lipinski definition) is 2. The summed E-state index contributed by atoms with van der Waals surface area (Å²) in [7, 11) is 0. The van der Waals surface area contributed by atoms with Crippen molar-refractivity contribution in [3.63, 3.8) is 0 Å². The summed E-state index contributed by atoms with van der Waals surface area (Å²) < 4.78 is 11.6. The molecule has 3 aromatic rings. The number of thioether (sulfide) groups is 1. The summed E-state index contributed by atoms with van der Waals surface area (Å²) in [4.78, 5) is 20.1. The lowest BCUT2D eigenvalue weighted by molar-refractivity contribution is -0.118. The Morgan fingerprint density at radius 3 is 3.07 bits per heavy atom. The Hall–Kier alpha value is -2.67. The summed E-state index contributed by atoms with van der Waals surface area (Å²) in [5.74, 6) is 1.94. The van der Waals surface area contributed by atoms with Gasteiger partial charge in [-0.1, -0.05) is 17.8 Å². The number of nitrogens with zero attached hydrogens (tertiary/aromatic N) is 1. The Kier molecular flexibility index (Phi) is 5.67. The molecule has 7 heteroatoms. The molecule has 0 fully saturated rings. The van der Waals surface area contributed by atoms with Crippen LogP contribution in [0.25, 0.3) is 11.0 Å². The molecule has 2 heterocycles. The highest BCUT2D eigenvalue weighted by Gasteiger charge is 2.22. The third-order valence-electron chi connectivity index (χ3n) is 4.81. The van der Waals surface area contributed by atoms with E-state index in [-0.39, 0.29) is 12.0 Å². The van der Waals surface area contributed by atoms with Crippen LogP contribution in [0.4, 0.5) is 0 Å². The normalized spacial score (nSPS) is 15.2. The van der Waals surface area contributed by atoms with Gasteiger partial charge in [0.25, 0.3) is 0 Å². The number of hydrogen-bond acceptors (Lipinski definition) is 5. The molecule has 0 saturated carbocycles. The minimum absolute atomic E-state index is 0.0520. The number of carbonyl (C=O) groups is 1. The quantitative estimate of drug-likeness (QED) is 0.575. The van der Waals surface area contributed by atoms with E-state index in [1.165, 1.54) is 17.3 Å².